The fraction of sp³-hybridized carbons (Fsp3) is 0.350. The number of anilines is 1. The van der Waals surface area contributed by atoms with Crippen LogP contribution in [0.5, 0.6) is 11.5 Å². The number of halogens is 1. The van der Waals surface area contributed by atoms with Crippen LogP contribution in [0.1, 0.15) is 6.92 Å². The highest BCUT2D eigenvalue weighted by Crippen LogP contribution is 2.28. The van der Waals surface area contributed by atoms with Crippen molar-refractivity contribution in [3.05, 3.63) is 54.3 Å². The van der Waals surface area contributed by atoms with Crippen molar-refractivity contribution in [3.8, 4) is 11.5 Å². The molecule has 2 aromatic carbocycles. The first-order valence-electron chi connectivity index (χ1n) is 8.68. The number of piperazine rings is 1. The van der Waals surface area contributed by atoms with Gasteiger partial charge in [-0.25, -0.2) is 4.39 Å². The van der Waals surface area contributed by atoms with Gasteiger partial charge in [0.2, 0.25) is 0 Å². The first kappa shape index (κ1) is 18.0. The van der Waals surface area contributed by atoms with Crippen molar-refractivity contribution < 1.29 is 18.7 Å². The van der Waals surface area contributed by atoms with Crippen molar-refractivity contribution >= 4 is 11.6 Å². The van der Waals surface area contributed by atoms with E-state index in [4.69, 9.17) is 9.47 Å². The molecule has 138 valence electrons. The molecule has 0 N–H and O–H groups in total. The number of carbonyl (C=O) groups is 1. The van der Waals surface area contributed by atoms with Gasteiger partial charge >= 0.3 is 0 Å². The van der Waals surface area contributed by atoms with Crippen molar-refractivity contribution in [3.63, 3.8) is 0 Å². The average molecular weight is 358 g/mol. The summed E-state index contributed by atoms with van der Waals surface area (Å²) >= 11 is 0. The number of nitrogens with zero attached hydrogens (tertiary/aromatic N) is 2. The van der Waals surface area contributed by atoms with Crippen LogP contribution in [0.25, 0.3) is 0 Å². The lowest BCUT2D eigenvalue weighted by molar-refractivity contribution is -0.138. The number of hydrogen-bond donors (Lipinski definition) is 0. The highest BCUT2D eigenvalue weighted by atomic mass is 19.1. The molecule has 1 heterocycles. The molecule has 0 unspecified atom stereocenters. The summed E-state index contributed by atoms with van der Waals surface area (Å²) < 4.78 is 24.6. The maximum atomic E-state index is 13.7. The third-order valence-corrected chi connectivity index (χ3v) is 4.51. The molecule has 26 heavy (non-hydrogen) atoms. The lowest BCUT2D eigenvalue weighted by Gasteiger charge is -2.37. The second-order valence-corrected chi connectivity index (χ2v) is 6.17. The lowest BCUT2D eigenvalue weighted by atomic mass is 10.2. The summed E-state index contributed by atoms with van der Waals surface area (Å²) in [4.78, 5) is 16.6. The Bertz CT molecular complexity index is 760. The van der Waals surface area contributed by atoms with Gasteiger partial charge in [0, 0.05) is 26.2 Å². The van der Waals surface area contributed by atoms with E-state index in [2.05, 4.69) is 4.90 Å². The van der Waals surface area contributed by atoms with Gasteiger partial charge in [-0.1, -0.05) is 24.3 Å². The number of methoxy groups -OCH3 is 1. The van der Waals surface area contributed by atoms with Crippen LogP contribution in [0.15, 0.2) is 48.5 Å². The van der Waals surface area contributed by atoms with Crippen molar-refractivity contribution in [1.29, 1.82) is 0 Å². The van der Waals surface area contributed by atoms with Gasteiger partial charge in [0.25, 0.3) is 5.91 Å². The van der Waals surface area contributed by atoms with Gasteiger partial charge in [-0.05, 0) is 31.2 Å². The molecule has 0 saturated carbocycles. The Morgan fingerprint density at radius 2 is 1.62 bits per heavy atom. The summed E-state index contributed by atoms with van der Waals surface area (Å²) in [5, 5.41) is 0. The summed E-state index contributed by atoms with van der Waals surface area (Å²) in [6.07, 6.45) is -0.732. The average Bonchev–Trinajstić information content (AvgIpc) is 2.69. The van der Waals surface area contributed by atoms with E-state index in [0.717, 1.165) is 11.4 Å². The van der Waals surface area contributed by atoms with Crippen molar-refractivity contribution in [2.75, 3.05) is 38.2 Å². The van der Waals surface area contributed by atoms with Crippen LogP contribution < -0.4 is 14.4 Å². The number of amides is 1. The van der Waals surface area contributed by atoms with Gasteiger partial charge in [-0.15, -0.1) is 0 Å². The predicted molar refractivity (Wildman–Crippen MR) is 98.3 cm³/mol. The number of rotatable bonds is 5. The van der Waals surface area contributed by atoms with Crippen molar-refractivity contribution in [2.24, 2.45) is 0 Å². The fourth-order valence-electron chi connectivity index (χ4n) is 3.10. The molecule has 1 amide bonds. The minimum Gasteiger partial charge on any atom is -0.495 e. The van der Waals surface area contributed by atoms with E-state index in [1.54, 1.807) is 31.1 Å². The minimum absolute atomic E-state index is 0.0982. The first-order chi connectivity index (χ1) is 12.6. The van der Waals surface area contributed by atoms with Gasteiger partial charge < -0.3 is 19.3 Å². The summed E-state index contributed by atoms with van der Waals surface area (Å²) in [5.74, 6) is 0.325. The van der Waals surface area contributed by atoms with Gasteiger partial charge in [-0.2, -0.15) is 0 Å². The Labute approximate surface area is 152 Å². The zero-order valence-electron chi connectivity index (χ0n) is 15.0. The fourth-order valence-corrected chi connectivity index (χ4v) is 3.10. The van der Waals surface area contributed by atoms with Crippen molar-refractivity contribution in [1.82, 2.24) is 4.90 Å². The van der Waals surface area contributed by atoms with Gasteiger partial charge in [0.05, 0.1) is 12.8 Å². The number of para-hydroxylation sites is 3. The molecule has 0 aromatic heterocycles. The van der Waals surface area contributed by atoms with E-state index in [9.17, 15) is 9.18 Å². The summed E-state index contributed by atoms with van der Waals surface area (Å²) in [6, 6.07) is 14.0. The van der Waals surface area contributed by atoms with E-state index in [1.807, 2.05) is 24.3 Å². The highest BCUT2D eigenvalue weighted by molar-refractivity contribution is 5.81. The van der Waals surface area contributed by atoms with E-state index in [1.165, 1.54) is 12.1 Å². The molecular formula is C20H23FN2O3. The molecule has 0 spiro atoms. The molecule has 2 aromatic rings. The molecule has 5 nitrogen and oxygen atoms in total. The Morgan fingerprint density at radius 3 is 2.27 bits per heavy atom. The zero-order valence-corrected chi connectivity index (χ0v) is 15.0. The van der Waals surface area contributed by atoms with E-state index >= 15 is 0 Å². The maximum Gasteiger partial charge on any atom is 0.263 e. The van der Waals surface area contributed by atoms with Crippen LogP contribution in [0, 0.1) is 5.82 Å². The van der Waals surface area contributed by atoms with Gasteiger partial charge in [-0.3, -0.25) is 4.79 Å². The molecule has 1 fully saturated rings. The number of carbonyl (C=O) groups excluding carboxylic acids is 1. The number of benzene rings is 2. The van der Waals surface area contributed by atoms with Crippen molar-refractivity contribution in [2.45, 2.75) is 13.0 Å². The molecular weight excluding hydrogens is 335 g/mol. The normalized spacial score (nSPS) is 15.5. The van der Waals surface area contributed by atoms with E-state index in [0.29, 0.717) is 26.2 Å². The Morgan fingerprint density at radius 1 is 1.00 bits per heavy atom. The molecule has 1 aliphatic rings. The molecule has 1 aliphatic heterocycles. The maximum absolute atomic E-state index is 13.7. The largest absolute Gasteiger partial charge is 0.495 e. The predicted octanol–water partition coefficient (Wildman–Crippen LogP) is 2.95. The molecule has 3 rings (SSSR count). The standard InChI is InChI=1S/C20H23FN2O3/c1-15(26-18-9-5-3-7-16(18)21)20(24)23-13-11-22(12-14-23)17-8-4-6-10-19(17)25-2/h3-10,15H,11-14H2,1-2H3/t15-/m1/s1. The topological polar surface area (TPSA) is 42.0 Å². The Hall–Kier alpha value is -2.76. The number of ether oxygens (including phenoxy) is 2. The van der Waals surface area contributed by atoms with E-state index in [-0.39, 0.29) is 11.7 Å². The molecule has 6 heteroatoms. The Kier molecular flexibility index (Phi) is 5.61. The number of hydrogen-bond acceptors (Lipinski definition) is 4. The third kappa shape index (κ3) is 3.90. The summed E-state index contributed by atoms with van der Waals surface area (Å²) in [6.45, 7) is 4.24. The summed E-state index contributed by atoms with van der Waals surface area (Å²) in [5.41, 5.74) is 1.03. The molecule has 1 atom stereocenters. The van der Waals surface area contributed by atoms with E-state index < -0.39 is 11.9 Å². The second-order valence-electron chi connectivity index (χ2n) is 6.17. The molecule has 0 radical (unpaired) electrons. The lowest BCUT2D eigenvalue weighted by Crippen LogP contribution is -2.52. The molecule has 0 aliphatic carbocycles. The van der Waals surface area contributed by atoms with Crippen LogP contribution >= 0.6 is 0 Å². The van der Waals surface area contributed by atoms with Crippen LogP contribution in [-0.2, 0) is 4.79 Å². The molecule has 0 bridgehead atoms. The quantitative estimate of drug-likeness (QED) is 0.824. The van der Waals surface area contributed by atoms with Crippen LogP contribution in [0.3, 0.4) is 0 Å². The van der Waals surface area contributed by atoms with Crippen LogP contribution in [0.2, 0.25) is 0 Å². The second kappa shape index (κ2) is 8.08. The monoisotopic (exact) mass is 358 g/mol. The highest BCUT2D eigenvalue weighted by Gasteiger charge is 2.27. The van der Waals surface area contributed by atoms with Crippen LogP contribution in [0.4, 0.5) is 10.1 Å². The van der Waals surface area contributed by atoms with Gasteiger partial charge in [0.1, 0.15) is 5.75 Å². The van der Waals surface area contributed by atoms with Crippen LogP contribution in [-0.4, -0.2) is 50.2 Å². The smallest absolute Gasteiger partial charge is 0.263 e. The third-order valence-electron chi connectivity index (χ3n) is 4.51. The Balaban J connectivity index is 1.59. The summed E-state index contributed by atoms with van der Waals surface area (Å²) in [7, 11) is 1.65. The minimum atomic E-state index is -0.732. The zero-order chi connectivity index (χ0) is 18.5. The SMILES string of the molecule is COc1ccccc1N1CCN(C(=O)[C@@H](C)Oc2ccccc2F)CC1. The van der Waals surface area contributed by atoms with Gasteiger partial charge in [0.15, 0.2) is 17.7 Å². The first-order valence-corrected chi connectivity index (χ1v) is 8.68. The molecule has 1 saturated heterocycles.